The molecule has 1 spiro atoms. The average molecular weight is 419 g/mol. The lowest BCUT2D eigenvalue weighted by molar-refractivity contribution is -0.247. The van der Waals surface area contributed by atoms with Crippen molar-refractivity contribution in [2.75, 3.05) is 0 Å². The first-order chi connectivity index (χ1) is 13.9. The highest BCUT2D eigenvalue weighted by molar-refractivity contribution is 6.04. The lowest BCUT2D eigenvalue weighted by atomic mass is 9.39. The van der Waals surface area contributed by atoms with Crippen LogP contribution < -0.4 is 0 Å². The normalized spacial score (nSPS) is 46.6. The molecule has 0 unspecified atom stereocenters. The van der Waals surface area contributed by atoms with E-state index < -0.39 is 23.6 Å². The zero-order chi connectivity index (χ0) is 22.2. The average Bonchev–Trinajstić information content (AvgIpc) is 2.74. The van der Waals surface area contributed by atoms with Crippen LogP contribution in [0.15, 0.2) is 12.2 Å². The van der Waals surface area contributed by atoms with Crippen LogP contribution in [0.4, 0.5) is 0 Å². The van der Waals surface area contributed by atoms with Crippen molar-refractivity contribution in [2.45, 2.75) is 85.0 Å². The Morgan fingerprint density at radius 1 is 1.00 bits per heavy atom. The first-order valence-electron chi connectivity index (χ1n) is 11.1. The number of hydrogen-bond acceptors (Lipinski definition) is 6. The third kappa shape index (κ3) is 2.55. The van der Waals surface area contributed by atoms with E-state index in [4.69, 9.17) is 9.47 Å². The molecule has 6 nitrogen and oxygen atoms in total. The van der Waals surface area contributed by atoms with Crippen molar-refractivity contribution < 1.29 is 29.0 Å². The quantitative estimate of drug-likeness (QED) is 0.547. The molecule has 2 bridgehead atoms. The molecule has 1 N–H and O–H groups in total. The van der Waals surface area contributed by atoms with Crippen LogP contribution in [0.1, 0.15) is 66.7 Å². The van der Waals surface area contributed by atoms with Crippen LogP contribution in [-0.2, 0) is 23.9 Å². The van der Waals surface area contributed by atoms with E-state index >= 15 is 0 Å². The lowest BCUT2D eigenvalue weighted by Crippen LogP contribution is -2.69. The number of rotatable bonds is 2. The van der Waals surface area contributed by atoms with Crippen LogP contribution in [0.3, 0.4) is 0 Å². The van der Waals surface area contributed by atoms with Crippen molar-refractivity contribution in [3.63, 3.8) is 0 Å². The molecule has 0 aromatic rings. The van der Waals surface area contributed by atoms with Gasteiger partial charge in [0.05, 0.1) is 11.5 Å². The number of carbonyl (C=O) groups excluding carboxylic acids is 3. The predicted octanol–water partition coefficient (Wildman–Crippen LogP) is 3.21. The van der Waals surface area contributed by atoms with Gasteiger partial charge in [-0.2, -0.15) is 0 Å². The molecule has 166 valence electrons. The SMILES string of the molecule is C=C1C(=O)[C@]23[C@H](O)[C@H]1CC[C@H]2[C@]1(C)CC[C@H](OC(C)=O)C(C)(C)[C@H]1C[C@H]3OC(C)=O. The van der Waals surface area contributed by atoms with Gasteiger partial charge in [0.1, 0.15) is 12.2 Å². The summed E-state index contributed by atoms with van der Waals surface area (Å²) >= 11 is 0. The minimum atomic E-state index is -1.11. The van der Waals surface area contributed by atoms with E-state index in [0.29, 0.717) is 12.0 Å². The number of aliphatic hydroxyl groups is 1. The maximum absolute atomic E-state index is 13.6. The molecule has 0 aliphatic heterocycles. The van der Waals surface area contributed by atoms with Crippen molar-refractivity contribution in [2.24, 2.45) is 34.0 Å². The Hall–Kier alpha value is -1.69. The number of aliphatic hydroxyl groups excluding tert-OH is 1. The number of ether oxygens (including phenoxy) is 2. The summed E-state index contributed by atoms with van der Waals surface area (Å²) in [5.41, 5.74) is -1.21. The van der Waals surface area contributed by atoms with Gasteiger partial charge in [-0.1, -0.05) is 27.4 Å². The van der Waals surface area contributed by atoms with Crippen LogP contribution in [0.5, 0.6) is 0 Å². The third-order valence-corrected chi connectivity index (χ3v) is 9.21. The molecule has 0 amide bonds. The van der Waals surface area contributed by atoms with Gasteiger partial charge in [0.25, 0.3) is 0 Å². The van der Waals surface area contributed by atoms with E-state index in [0.717, 1.165) is 25.7 Å². The highest BCUT2D eigenvalue weighted by Crippen LogP contribution is 2.71. The Morgan fingerprint density at radius 2 is 1.60 bits per heavy atom. The van der Waals surface area contributed by atoms with Crippen molar-refractivity contribution in [1.82, 2.24) is 0 Å². The van der Waals surface area contributed by atoms with Gasteiger partial charge in [0, 0.05) is 25.2 Å². The topological polar surface area (TPSA) is 89.9 Å². The maximum Gasteiger partial charge on any atom is 0.302 e. The predicted molar refractivity (Wildman–Crippen MR) is 109 cm³/mol. The Balaban J connectivity index is 1.84. The zero-order valence-corrected chi connectivity index (χ0v) is 18.7. The zero-order valence-electron chi connectivity index (χ0n) is 18.7. The molecule has 4 fully saturated rings. The Labute approximate surface area is 178 Å². The van der Waals surface area contributed by atoms with Gasteiger partial charge in [-0.3, -0.25) is 14.4 Å². The van der Waals surface area contributed by atoms with Gasteiger partial charge in [-0.25, -0.2) is 0 Å². The van der Waals surface area contributed by atoms with Crippen LogP contribution in [0, 0.1) is 34.0 Å². The van der Waals surface area contributed by atoms with Gasteiger partial charge in [0.15, 0.2) is 5.78 Å². The second-order valence-corrected chi connectivity index (χ2v) is 10.8. The van der Waals surface area contributed by atoms with Gasteiger partial charge in [-0.15, -0.1) is 0 Å². The van der Waals surface area contributed by atoms with E-state index in [-0.39, 0.29) is 46.4 Å². The summed E-state index contributed by atoms with van der Waals surface area (Å²) in [6, 6.07) is 0. The molecule has 0 saturated heterocycles. The van der Waals surface area contributed by atoms with Gasteiger partial charge in [-0.05, 0) is 54.9 Å². The molecule has 0 heterocycles. The largest absolute Gasteiger partial charge is 0.462 e. The van der Waals surface area contributed by atoms with Crippen molar-refractivity contribution in [3.8, 4) is 0 Å². The molecule has 4 saturated carbocycles. The van der Waals surface area contributed by atoms with E-state index in [9.17, 15) is 19.5 Å². The number of ketones is 1. The molecule has 4 aliphatic carbocycles. The van der Waals surface area contributed by atoms with Crippen molar-refractivity contribution >= 4 is 17.7 Å². The Kier molecular flexibility index (Phi) is 4.78. The molecular formula is C24H34O6. The fraction of sp³-hybridized carbons (Fsp3) is 0.792. The Bertz CT molecular complexity index is 815. The summed E-state index contributed by atoms with van der Waals surface area (Å²) in [7, 11) is 0. The maximum atomic E-state index is 13.6. The van der Waals surface area contributed by atoms with Crippen LogP contribution >= 0.6 is 0 Å². The third-order valence-electron chi connectivity index (χ3n) is 9.21. The minimum absolute atomic E-state index is 0.0773. The summed E-state index contributed by atoms with van der Waals surface area (Å²) in [5, 5.41) is 11.4. The number of Topliss-reactive ketones (excluding diaryl/α,β-unsaturated/α-hetero) is 1. The molecule has 4 rings (SSSR count). The molecule has 0 aromatic heterocycles. The van der Waals surface area contributed by atoms with Gasteiger partial charge >= 0.3 is 11.9 Å². The molecular weight excluding hydrogens is 384 g/mol. The van der Waals surface area contributed by atoms with Gasteiger partial charge in [0.2, 0.25) is 0 Å². The molecule has 8 atom stereocenters. The first kappa shape index (κ1) is 21.5. The smallest absolute Gasteiger partial charge is 0.302 e. The summed E-state index contributed by atoms with van der Waals surface area (Å²) in [6.45, 7) is 13.3. The molecule has 30 heavy (non-hydrogen) atoms. The van der Waals surface area contributed by atoms with E-state index in [2.05, 4.69) is 27.4 Å². The van der Waals surface area contributed by atoms with Crippen molar-refractivity contribution in [3.05, 3.63) is 12.2 Å². The van der Waals surface area contributed by atoms with E-state index in [1.165, 1.54) is 13.8 Å². The number of carbonyl (C=O) groups is 3. The second kappa shape index (κ2) is 6.65. The fourth-order valence-electron chi connectivity index (χ4n) is 8.04. The highest BCUT2D eigenvalue weighted by atomic mass is 16.5. The van der Waals surface area contributed by atoms with Crippen molar-refractivity contribution in [1.29, 1.82) is 0 Å². The summed E-state index contributed by atoms with van der Waals surface area (Å²) in [4.78, 5) is 37.4. The number of esters is 2. The van der Waals surface area contributed by atoms with Crippen LogP contribution in [0.25, 0.3) is 0 Å². The Morgan fingerprint density at radius 3 is 2.20 bits per heavy atom. The molecule has 0 aromatic carbocycles. The van der Waals surface area contributed by atoms with Gasteiger partial charge < -0.3 is 14.6 Å². The molecule has 4 aliphatic rings. The van der Waals surface area contributed by atoms with Crippen LogP contribution in [0.2, 0.25) is 0 Å². The standard InChI is InChI=1S/C24H34O6/c1-12-15-7-8-16-23(6)10-9-18(29-13(2)25)22(4,5)17(23)11-19(30-14(3)26)24(16,20(12)27)21(15)28/h15-19,21,28H,1,7-11H2,2-6H3/t15-,16-,17+,18-,19+,21+,23-,24-/m0/s1. The number of fused-ring (bicyclic) bond motifs is 3. The molecule has 6 heteroatoms. The minimum Gasteiger partial charge on any atom is -0.462 e. The fourth-order valence-corrected chi connectivity index (χ4v) is 8.04. The monoisotopic (exact) mass is 418 g/mol. The number of hydrogen-bond donors (Lipinski definition) is 1. The molecule has 0 radical (unpaired) electrons. The van der Waals surface area contributed by atoms with E-state index in [1.54, 1.807) is 0 Å². The lowest BCUT2D eigenvalue weighted by Gasteiger charge is -2.66. The summed E-state index contributed by atoms with van der Waals surface area (Å²) in [6.07, 6.45) is 1.72. The first-order valence-corrected chi connectivity index (χ1v) is 11.1. The van der Waals surface area contributed by atoms with Crippen LogP contribution in [-0.4, -0.2) is 41.1 Å². The second-order valence-electron chi connectivity index (χ2n) is 10.8. The van der Waals surface area contributed by atoms with E-state index in [1.807, 2.05) is 0 Å². The summed E-state index contributed by atoms with van der Waals surface area (Å²) < 4.78 is 11.5. The summed E-state index contributed by atoms with van der Waals surface area (Å²) in [5.74, 6) is -1.14. The highest BCUT2D eigenvalue weighted by Gasteiger charge is 2.75.